The minimum absolute atomic E-state index is 0.0538. The summed E-state index contributed by atoms with van der Waals surface area (Å²) in [6.07, 6.45) is 2.32. The lowest BCUT2D eigenvalue weighted by atomic mass is 10.0. The highest BCUT2D eigenvalue weighted by Crippen LogP contribution is 2.35. The molecule has 0 N–H and O–H groups in total. The van der Waals surface area contributed by atoms with Gasteiger partial charge in [0.1, 0.15) is 0 Å². The van der Waals surface area contributed by atoms with E-state index in [4.69, 9.17) is 4.74 Å². The number of anilines is 1. The van der Waals surface area contributed by atoms with E-state index in [1.807, 2.05) is 28.0 Å². The van der Waals surface area contributed by atoms with Crippen LogP contribution in [0.5, 0.6) is 0 Å². The molecule has 2 atom stereocenters. The van der Waals surface area contributed by atoms with Gasteiger partial charge in [-0.25, -0.2) is 4.79 Å². The van der Waals surface area contributed by atoms with Crippen molar-refractivity contribution in [2.45, 2.75) is 51.6 Å². The number of benzene rings is 1. The second kappa shape index (κ2) is 8.05. The molecule has 0 aliphatic carbocycles. The van der Waals surface area contributed by atoms with Crippen molar-refractivity contribution < 1.29 is 19.1 Å². The molecule has 3 aliphatic rings. The van der Waals surface area contributed by atoms with Crippen molar-refractivity contribution in [2.24, 2.45) is 5.92 Å². The summed E-state index contributed by atoms with van der Waals surface area (Å²) in [5.74, 6) is -0.181. The average molecular weight is 399 g/mol. The van der Waals surface area contributed by atoms with Crippen molar-refractivity contribution in [1.82, 2.24) is 9.80 Å². The van der Waals surface area contributed by atoms with Crippen LogP contribution in [0.2, 0.25) is 0 Å². The smallest absolute Gasteiger partial charge is 0.409 e. The summed E-state index contributed by atoms with van der Waals surface area (Å²) in [5, 5.41) is 0. The van der Waals surface area contributed by atoms with Gasteiger partial charge in [-0.1, -0.05) is 18.2 Å². The first-order chi connectivity index (χ1) is 14.0. The monoisotopic (exact) mass is 399 g/mol. The van der Waals surface area contributed by atoms with Crippen molar-refractivity contribution in [2.75, 3.05) is 31.1 Å². The number of carbonyl (C=O) groups excluding carboxylic acids is 3. The SMILES string of the molecule is CCOC(=O)N1CCC(N2CC(C(=O)N3c4ccccc4CC3C)CC2=O)CC1. The first-order valence-corrected chi connectivity index (χ1v) is 10.6. The van der Waals surface area contributed by atoms with Gasteiger partial charge in [0.2, 0.25) is 11.8 Å². The molecule has 3 amide bonds. The third kappa shape index (κ3) is 3.70. The van der Waals surface area contributed by atoms with Gasteiger partial charge in [0.15, 0.2) is 0 Å². The third-order valence-electron chi connectivity index (χ3n) is 6.38. The highest BCUT2D eigenvalue weighted by molar-refractivity contribution is 6.01. The number of piperidine rings is 1. The van der Waals surface area contributed by atoms with Gasteiger partial charge in [0.05, 0.1) is 12.5 Å². The Balaban J connectivity index is 1.39. The molecular weight excluding hydrogens is 370 g/mol. The Labute approximate surface area is 171 Å². The van der Waals surface area contributed by atoms with Crippen molar-refractivity contribution in [3.05, 3.63) is 29.8 Å². The van der Waals surface area contributed by atoms with Crippen LogP contribution in [0.15, 0.2) is 24.3 Å². The number of hydrogen-bond acceptors (Lipinski definition) is 4. The van der Waals surface area contributed by atoms with E-state index in [1.165, 1.54) is 5.56 Å². The molecule has 2 saturated heterocycles. The first kappa shape index (κ1) is 19.7. The van der Waals surface area contributed by atoms with E-state index in [1.54, 1.807) is 11.8 Å². The van der Waals surface area contributed by atoms with E-state index in [9.17, 15) is 14.4 Å². The normalized spacial score (nSPS) is 24.8. The fraction of sp³-hybridized carbons (Fsp3) is 0.591. The molecule has 4 rings (SSSR count). The van der Waals surface area contributed by atoms with E-state index in [0.717, 1.165) is 24.9 Å². The third-order valence-corrected chi connectivity index (χ3v) is 6.38. The zero-order valence-corrected chi connectivity index (χ0v) is 17.2. The maximum absolute atomic E-state index is 13.3. The van der Waals surface area contributed by atoms with Crippen molar-refractivity contribution in [3.8, 4) is 0 Å². The highest BCUT2D eigenvalue weighted by atomic mass is 16.6. The van der Waals surface area contributed by atoms with Crippen LogP contribution in [-0.2, 0) is 20.7 Å². The fourth-order valence-electron chi connectivity index (χ4n) is 4.92. The summed E-state index contributed by atoms with van der Waals surface area (Å²) >= 11 is 0. The molecule has 0 spiro atoms. The lowest BCUT2D eigenvalue weighted by Crippen LogP contribution is -2.48. The van der Waals surface area contributed by atoms with Gasteiger partial charge in [-0.15, -0.1) is 0 Å². The van der Waals surface area contributed by atoms with Crippen molar-refractivity contribution in [1.29, 1.82) is 0 Å². The standard InChI is InChI=1S/C22H29N3O4/c1-3-29-22(28)23-10-8-18(9-11-23)24-14-17(13-20(24)26)21(27)25-15(2)12-16-6-4-5-7-19(16)25/h4-7,15,17-18H,3,8-14H2,1-2H3. The van der Waals surface area contributed by atoms with Gasteiger partial charge >= 0.3 is 6.09 Å². The number of ether oxygens (including phenoxy) is 1. The lowest BCUT2D eigenvalue weighted by Gasteiger charge is -2.36. The zero-order chi connectivity index (χ0) is 20.5. The molecule has 0 radical (unpaired) electrons. The minimum atomic E-state index is -0.292. The number of nitrogens with zero attached hydrogens (tertiary/aromatic N) is 3. The molecule has 7 nitrogen and oxygen atoms in total. The van der Waals surface area contributed by atoms with Crippen LogP contribution in [0, 0.1) is 5.92 Å². The van der Waals surface area contributed by atoms with Crippen molar-refractivity contribution in [3.63, 3.8) is 0 Å². The van der Waals surface area contributed by atoms with Crippen LogP contribution < -0.4 is 4.90 Å². The fourth-order valence-corrected chi connectivity index (χ4v) is 4.92. The number of para-hydroxylation sites is 1. The molecule has 0 saturated carbocycles. The number of rotatable bonds is 3. The number of amides is 3. The van der Waals surface area contributed by atoms with Crippen LogP contribution >= 0.6 is 0 Å². The Morgan fingerprint density at radius 2 is 1.86 bits per heavy atom. The molecule has 2 unspecified atom stereocenters. The Morgan fingerprint density at radius 3 is 2.59 bits per heavy atom. The topological polar surface area (TPSA) is 70.2 Å². The molecule has 1 aromatic rings. The maximum Gasteiger partial charge on any atom is 0.409 e. The van der Waals surface area contributed by atoms with Crippen LogP contribution in [0.4, 0.5) is 10.5 Å². The first-order valence-electron chi connectivity index (χ1n) is 10.6. The molecule has 2 fully saturated rings. The number of fused-ring (bicyclic) bond motifs is 1. The molecule has 0 aromatic heterocycles. The van der Waals surface area contributed by atoms with E-state index >= 15 is 0 Å². The molecule has 1 aromatic carbocycles. The van der Waals surface area contributed by atoms with E-state index in [2.05, 4.69) is 13.0 Å². The minimum Gasteiger partial charge on any atom is -0.450 e. The lowest BCUT2D eigenvalue weighted by molar-refractivity contribution is -0.130. The number of carbonyl (C=O) groups is 3. The van der Waals surface area contributed by atoms with Gasteiger partial charge in [0.25, 0.3) is 0 Å². The summed E-state index contributed by atoms with van der Waals surface area (Å²) in [7, 11) is 0. The molecule has 7 heteroatoms. The highest BCUT2D eigenvalue weighted by Gasteiger charge is 2.43. The predicted molar refractivity (Wildman–Crippen MR) is 109 cm³/mol. The summed E-state index contributed by atoms with van der Waals surface area (Å²) < 4.78 is 5.06. The van der Waals surface area contributed by atoms with Gasteiger partial charge < -0.3 is 19.4 Å². The second-order valence-electron chi connectivity index (χ2n) is 8.25. The molecule has 3 heterocycles. The van der Waals surface area contributed by atoms with Gasteiger partial charge in [-0.2, -0.15) is 0 Å². The molecule has 0 bridgehead atoms. The molecular formula is C22H29N3O4. The Hall–Kier alpha value is -2.57. The second-order valence-corrected chi connectivity index (χ2v) is 8.25. The summed E-state index contributed by atoms with van der Waals surface area (Å²) in [4.78, 5) is 43.3. The molecule has 3 aliphatic heterocycles. The quantitative estimate of drug-likeness (QED) is 0.783. The number of likely N-dealkylation sites (tertiary alicyclic amines) is 2. The molecule has 156 valence electrons. The zero-order valence-electron chi connectivity index (χ0n) is 17.2. The van der Waals surface area contributed by atoms with Crippen LogP contribution in [0.1, 0.15) is 38.7 Å². The largest absolute Gasteiger partial charge is 0.450 e. The van der Waals surface area contributed by atoms with Gasteiger partial charge in [0, 0.05) is 43.8 Å². The Morgan fingerprint density at radius 1 is 1.14 bits per heavy atom. The predicted octanol–water partition coefficient (Wildman–Crippen LogP) is 2.43. The van der Waals surface area contributed by atoms with Crippen molar-refractivity contribution >= 4 is 23.6 Å². The maximum atomic E-state index is 13.3. The average Bonchev–Trinajstić information content (AvgIpc) is 3.27. The summed E-state index contributed by atoms with van der Waals surface area (Å²) in [5.41, 5.74) is 2.18. The number of hydrogen-bond donors (Lipinski definition) is 0. The van der Waals surface area contributed by atoms with E-state index in [-0.39, 0.29) is 42.3 Å². The van der Waals surface area contributed by atoms with E-state index in [0.29, 0.717) is 26.2 Å². The Kier molecular flexibility index (Phi) is 5.48. The molecule has 29 heavy (non-hydrogen) atoms. The Bertz CT molecular complexity index is 803. The van der Waals surface area contributed by atoms with Crippen LogP contribution in [-0.4, -0.2) is 66.0 Å². The van der Waals surface area contributed by atoms with Gasteiger partial charge in [-0.3, -0.25) is 9.59 Å². The van der Waals surface area contributed by atoms with Gasteiger partial charge in [-0.05, 0) is 44.7 Å². The van der Waals surface area contributed by atoms with E-state index < -0.39 is 0 Å². The summed E-state index contributed by atoms with van der Waals surface area (Å²) in [6, 6.07) is 8.24. The summed E-state index contributed by atoms with van der Waals surface area (Å²) in [6.45, 7) is 5.88. The van der Waals surface area contributed by atoms with Crippen LogP contribution in [0.3, 0.4) is 0 Å². The van der Waals surface area contributed by atoms with Crippen LogP contribution in [0.25, 0.3) is 0 Å².